The van der Waals surface area contributed by atoms with Crippen molar-refractivity contribution < 1.29 is 9.53 Å². The number of aromatic nitrogens is 3. The van der Waals surface area contributed by atoms with Gasteiger partial charge in [0.15, 0.2) is 5.82 Å². The molecule has 0 aliphatic heterocycles. The van der Waals surface area contributed by atoms with Crippen LogP contribution in [0.2, 0.25) is 0 Å². The predicted octanol–water partition coefficient (Wildman–Crippen LogP) is 4.20. The number of pyridine rings is 1. The number of methoxy groups -OCH3 is 1. The van der Waals surface area contributed by atoms with E-state index in [9.17, 15) is 4.79 Å². The lowest BCUT2D eigenvalue weighted by Crippen LogP contribution is -2.17. The van der Waals surface area contributed by atoms with Crippen LogP contribution >= 0.6 is 11.8 Å². The molecular formula is C20H23N5O2S. The third-order valence-corrected chi connectivity index (χ3v) is 4.48. The van der Waals surface area contributed by atoms with Gasteiger partial charge in [0, 0.05) is 30.7 Å². The summed E-state index contributed by atoms with van der Waals surface area (Å²) in [5.41, 5.74) is 1.84. The van der Waals surface area contributed by atoms with E-state index in [1.165, 1.54) is 11.8 Å². The van der Waals surface area contributed by atoms with Crippen LogP contribution in [-0.2, 0) is 0 Å². The van der Waals surface area contributed by atoms with Gasteiger partial charge >= 0.3 is 0 Å². The molecule has 8 heteroatoms. The predicted molar refractivity (Wildman–Crippen MR) is 114 cm³/mol. The fraction of sp³-hybridized carbons (Fsp3) is 0.200. The lowest BCUT2D eigenvalue weighted by atomic mass is 10.2. The van der Waals surface area contributed by atoms with Crippen LogP contribution in [0.4, 0.5) is 11.5 Å². The van der Waals surface area contributed by atoms with Gasteiger partial charge in [-0.1, -0.05) is 7.43 Å². The molecule has 2 N–H and O–H groups in total. The highest BCUT2D eigenvalue weighted by atomic mass is 32.2. The maximum Gasteiger partial charge on any atom is 0.262 e. The number of thioether (sulfide) groups is 1. The number of ether oxygens (including phenoxy) is 1. The number of nitrogens with zero attached hydrogens (tertiary/aromatic N) is 3. The first-order chi connectivity index (χ1) is 13.2. The first-order valence-electron chi connectivity index (χ1n) is 8.16. The molecule has 2 heterocycles. The van der Waals surface area contributed by atoms with Crippen LogP contribution in [-0.4, -0.2) is 41.3 Å². The van der Waals surface area contributed by atoms with Gasteiger partial charge in [-0.2, -0.15) is 0 Å². The fourth-order valence-electron chi connectivity index (χ4n) is 2.47. The molecule has 0 spiro atoms. The zero-order chi connectivity index (χ0) is 19.2. The van der Waals surface area contributed by atoms with Gasteiger partial charge in [-0.15, -0.1) is 11.8 Å². The van der Waals surface area contributed by atoms with Gasteiger partial charge in [-0.25, -0.2) is 9.97 Å². The molecule has 1 aromatic carbocycles. The third kappa shape index (κ3) is 4.58. The molecule has 146 valence electrons. The summed E-state index contributed by atoms with van der Waals surface area (Å²) in [4.78, 5) is 26.0. The van der Waals surface area contributed by atoms with Gasteiger partial charge in [-0.05, 0) is 42.7 Å². The molecule has 0 radical (unpaired) electrons. The van der Waals surface area contributed by atoms with Crippen LogP contribution < -0.4 is 15.4 Å². The Bertz CT molecular complexity index is 908. The molecule has 0 saturated carbocycles. The number of anilines is 2. The second kappa shape index (κ2) is 9.70. The highest BCUT2D eigenvalue weighted by Gasteiger charge is 2.21. The first-order valence-corrected chi connectivity index (χ1v) is 9.38. The quantitative estimate of drug-likeness (QED) is 0.476. The van der Waals surface area contributed by atoms with Crippen molar-refractivity contribution in [2.45, 2.75) is 12.5 Å². The molecule has 0 aliphatic carbocycles. The van der Waals surface area contributed by atoms with Gasteiger partial charge in [-0.3, -0.25) is 9.78 Å². The Hall–Kier alpha value is -3.13. The second-order valence-corrected chi connectivity index (χ2v) is 6.25. The zero-order valence-electron chi connectivity index (χ0n) is 15.2. The number of hydrogen-bond donors (Lipinski definition) is 2. The highest BCUT2D eigenvalue weighted by molar-refractivity contribution is 7.98. The molecule has 0 bridgehead atoms. The summed E-state index contributed by atoms with van der Waals surface area (Å²) in [6.07, 6.45) is 5.25. The summed E-state index contributed by atoms with van der Waals surface area (Å²) < 4.78 is 5.14. The molecule has 7 nitrogen and oxygen atoms in total. The minimum atomic E-state index is -0.286. The largest absolute Gasteiger partial charge is 0.497 e. The van der Waals surface area contributed by atoms with E-state index in [4.69, 9.17) is 4.74 Å². The van der Waals surface area contributed by atoms with E-state index in [-0.39, 0.29) is 13.3 Å². The molecule has 3 rings (SSSR count). The third-order valence-electron chi connectivity index (χ3n) is 3.80. The Morgan fingerprint density at radius 1 is 1.14 bits per heavy atom. The number of rotatable bonds is 6. The van der Waals surface area contributed by atoms with E-state index in [0.29, 0.717) is 27.9 Å². The average molecular weight is 398 g/mol. The van der Waals surface area contributed by atoms with Crippen LogP contribution in [0.15, 0.2) is 53.8 Å². The second-order valence-electron chi connectivity index (χ2n) is 5.45. The van der Waals surface area contributed by atoms with Crippen molar-refractivity contribution in [3.05, 3.63) is 54.4 Å². The summed E-state index contributed by atoms with van der Waals surface area (Å²) in [5.74, 6) is 1.40. The topological polar surface area (TPSA) is 89.0 Å². The molecule has 0 unspecified atom stereocenters. The van der Waals surface area contributed by atoms with E-state index in [0.717, 1.165) is 11.3 Å². The van der Waals surface area contributed by atoms with Gasteiger partial charge in [0.1, 0.15) is 22.2 Å². The van der Waals surface area contributed by atoms with Crippen molar-refractivity contribution >= 4 is 29.2 Å². The Morgan fingerprint density at radius 3 is 2.46 bits per heavy atom. The maximum absolute atomic E-state index is 12.9. The summed E-state index contributed by atoms with van der Waals surface area (Å²) in [6.45, 7) is 0. The molecule has 28 heavy (non-hydrogen) atoms. The monoisotopic (exact) mass is 397 g/mol. The minimum absolute atomic E-state index is 0. The van der Waals surface area contributed by atoms with E-state index in [1.807, 2.05) is 18.4 Å². The minimum Gasteiger partial charge on any atom is -0.497 e. The van der Waals surface area contributed by atoms with E-state index >= 15 is 0 Å². The summed E-state index contributed by atoms with van der Waals surface area (Å²) in [7, 11) is 3.32. The number of carbonyl (C=O) groups excluding carboxylic acids is 1. The molecule has 0 fully saturated rings. The Balaban J connectivity index is 0.00000280. The maximum atomic E-state index is 12.9. The van der Waals surface area contributed by atoms with Crippen molar-refractivity contribution in [3.8, 4) is 17.1 Å². The summed E-state index contributed by atoms with van der Waals surface area (Å²) in [6, 6.07) is 10.8. The van der Waals surface area contributed by atoms with Crippen molar-refractivity contribution in [2.75, 3.05) is 31.0 Å². The average Bonchev–Trinajstić information content (AvgIpc) is 2.73. The van der Waals surface area contributed by atoms with Crippen LogP contribution in [0.1, 0.15) is 17.8 Å². The molecule has 0 atom stereocenters. The lowest BCUT2D eigenvalue weighted by molar-refractivity contribution is 0.102. The van der Waals surface area contributed by atoms with E-state index in [1.54, 1.807) is 50.8 Å². The molecule has 0 aliphatic rings. The van der Waals surface area contributed by atoms with Gasteiger partial charge in [0.25, 0.3) is 5.91 Å². The van der Waals surface area contributed by atoms with Crippen LogP contribution in [0.25, 0.3) is 11.4 Å². The molecule has 0 saturated heterocycles. The zero-order valence-corrected chi connectivity index (χ0v) is 16.0. The number of hydrogen-bond acceptors (Lipinski definition) is 7. The van der Waals surface area contributed by atoms with Crippen molar-refractivity contribution in [3.63, 3.8) is 0 Å². The Labute approximate surface area is 169 Å². The Morgan fingerprint density at radius 2 is 1.89 bits per heavy atom. The first kappa shape index (κ1) is 21.2. The van der Waals surface area contributed by atoms with Crippen molar-refractivity contribution in [1.29, 1.82) is 0 Å². The van der Waals surface area contributed by atoms with Crippen LogP contribution in [0.5, 0.6) is 5.75 Å². The number of carbonyl (C=O) groups is 1. The highest BCUT2D eigenvalue weighted by Crippen LogP contribution is 2.28. The van der Waals surface area contributed by atoms with Gasteiger partial charge < -0.3 is 15.4 Å². The van der Waals surface area contributed by atoms with E-state index in [2.05, 4.69) is 25.6 Å². The molecule has 2 aromatic heterocycles. The fourth-order valence-corrected chi connectivity index (χ4v) is 3.04. The van der Waals surface area contributed by atoms with Crippen LogP contribution in [0, 0.1) is 0 Å². The molecule has 1 amide bonds. The standard InChI is InChI=1S/C19H19N5O2S.CH4/c1-20-17-15(18(25)22-13-6-8-14(26-2)9-7-13)19(27-3)24-16(23-17)12-5-4-10-21-11-12;/h4-11H,1-3H3,(H,22,25)(H,20,23,24);1H4. The SMILES string of the molecule is C.CNc1nc(-c2cccnc2)nc(SC)c1C(=O)Nc1ccc(OC)cc1. The number of amides is 1. The molecule has 3 aromatic rings. The smallest absolute Gasteiger partial charge is 0.262 e. The number of benzene rings is 1. The van der Waals surface area contributed by atoms with Crippen molar-refractivity contribution in [1.82, 2.24) is 15.0 Å². The van der Waals surface area contributed by atoms with Gasteiger partial charge in [0.05, 0.1) is 7.11 Å². The van der Waals surface area contributed by atoms with Crippen molar-refractivity contribution in [2.24, 2.45) is 0 Å². The summed E-state index contributed by atoms with van der Waals surface area (Å²) >= 11 is 1.39. The Kier molecular flexibility index (Phi) is 7.34. The van der Waals surface area contributed by atoms with Gasteiger partial charge in [0.2, 0.25) is 0 Å². The summed E-state index contributed by atoms with van der Waals surface area (Å²) in [5, 5.41) is 6.46. The molecular weight excluding hydrogens is 374 g/mol. The normalized spacial score (nSPS) is 9.96. The van der Waals surface area contributed by atoms with Crippen LogP contribution in [0.3, 0.4) is 0 Å². The van der Waals surface area contributed by atoms with E-state index < -0.39 is 0 Å². The number of nitrogens with one attached hydrogen (secondary N) is 2. The lowest BCUT2D eigenvalue weighted by Gasteiger charge is -2.14.